The molecule has 0 aliphatic rings. The first-order chi connectivity index (χ1) is 9.45. The third-order valence-electron chi connectivity index (χ3n) is 2.95. The van der Waals surface area contributed by atoms with E-state index in [4.69, 9.17) is 16.2 Å². The lowest BCUT2D eigenvalue weighted by Crippen LogP contribution is -2.34. The summed E-state index contributed by atoms with van der Waals surface area (Å²) in [6.45, 7) is 2.00. The minimum Gasteiger partial charge on any atom is -0.481 e. The van der Waals surface area contributed by atoms with E-state index in [0.717, 1.165) is 11.3 Å². The summed E-state index contributed by atoms with van der Waals surface area (Å²) in [4.78, 5) is 22.4. The van der Waals surface area contributed by atoms with Crippen molar-refractivity contribution < 1.29 is 14.7 Å². The third-order valence-corrected chi connectivity index (χ3v) is 2.95. The number of aliphatic carboxylic acids is 1. The van der Waals surface area contributed by atoms with Crippen LogP contribution in [0.4, 0.5) is 5.69 Å². The van der Waals surface area contributed by atoms with Gasteiger partial charge in [-0.2, -0.15) is 0 Å². The first-order valence-electron chi connectivity index (χ1n) is 6.30. The highest BCUT2D eigenvalue weighted by molar-refractivity contribution is 6.42. The Bertz CT molecular complexity index is 497. The maximum Gasteiger partial charge on any atom is 0.312 e. The molecule has 0 saturated carbocycles. The zero-order valence-corrected chi connectivity index (χ0v) is 11.3. The Hall–Kier alpha value is -2.21. The normalized spacial score (nSPS) is 11.7. The predicted molar refractivity (Wildman–Crippen MR) is 77.2 cm³/mol. The van der Waals surface area contributed by atoms with Gasteiger partial charge in [-0.3, -0.25) is 9.59 Å². The first kappa shape index (κ1) is 15.8. The van der Waals surface area contributed by atoms with E-state index in [0.29, 0.717) is 6.54 Å². The summed E-state index contributed by atoms with van der Waals surface area (Å²) in [6.07, 6.45) is 0.160. The van der Waals surface area contributed by atoms with Gasteiger partial charge in [0.1, 0.15) is 5.92 Å². The van der Waals surface area contributed by atoms with E-state index < -0.39 is 23.4 Å². The number of nitrogens with two attached hydrogens (primary N) is 1. The molecule has 1 aromatic carbocycles. The van der Waals surface area contributed by atoms with Gasteiger partial charge < -0.3 is 21.6 Å². The monoisotopic (exact) mass is 277 g/mol. The lowest BCUT2D eigenvalue weighted by Gasteiger charge is -2.13. The minimum absolute atomic E-state index is 0.160. The lowest BCUT2D eigenvalue weighted by molar-refractivity contribution is -0.139. The van der Waals surface area contributed by atoms with Gasteiger partial charge in [-0.15, -0.1) is 0 Å². The highest BCUT2D eigenvalue weighted by atomic mass is 16.4. The molecule has 1 atom stereocenters. The van der Waals surface area contributed by atoms with E-state index in [1.165, 1.54) is 0 Å². The Morgan fingerprint density at radius 3 is 2.45 bits per heavy atom. The number of carboxylic acids is 1. The van der Waals surface area contributed by atoms with Crippen molar-refractivity contribution in [2.45, 2.75) is 13.3 Å². The fraction of sp³-hybridized carbons (Fsp3) is 0.357. The SMILES string of the molecule is Cc1ccc(NCCC(C(=N)C(=O)CN)C(=O)O)cc1. The Morgan fingerprint density at radius 2 is 1.95 bits per heavy atom. The molecule has 0 fully saturated rings. The predicted octanol–water partition coefficient (Wildman–Crippen LogP) is 1.05. The van der Waals surface area contributed by atoms with E-state index >= 15 is 0 Å². The van der Waals surface area contributed by atoms with Gasteiger partial charge in [0.25, 0.3) is 0 Å². The standard InChI is InChI=1S/C14H19N3O3/c1-9-2-4-10(5-3-9)17-7-6-11(14(19)20)13(16)12(18)8-15/h2-5,11,16-17H,6-8,15H2,1H3,(H,19,20). The molecule has 20 heavy (non-hydrogen) atoms. The Labute approximate surface area is 117 Å². The molecule has 1 aromatic rings. The van der Waals surface area contributed by atoms with Gasteiger partial charge in [0.05, 0.1) is 12.3 Å². The minimum atomic E-state index is -1.18. The molecule has 6 nitrogen and oxygen atoms in total. The molecule has 0 aromatic heterocycles. The van der Waals surface area contributed by atoms with Gasteiger partial charge in [0.15, 0.2) is 5.78 Å². The Morgan fingerprint density at radius 1 is 1.35 bits per heavy atom. The summed E-state index contributed by atoms with van der Waals surface area (Å²) in [5.74, 6) is -2.93. The second kappa shape index (κ2) is 7.40. The number of carbonyl (C=O) groups excluding carboxylic acids is 1. The Balaban J connectivity index is 2.55. The number of carboxylic acid groups (broad SMARTS) is 1. The molecular weight excluding hydrogens is 258 g/mol. The van der Waals surface area contributed by atoms with E-state index in [-0.39, 0.29) is 13.0 Å². The van der Waals surface area contributed by atoms with Crippen molar-refractivity contribution in [3.8, 4) is 0 Å². The van der Waals surface area contributed by atoms with Crippen LogP contribution in [0.15, 0.2) is 24.3 Å². The summed E-state index contributed by atoms with van der Waals surface area (Å²) in [7, 11) is 0. The molecule has 0 heterocycles. The molecule has 0 amide bonds. The second-order valence-electron chi connectivity index (χ2n) is 4.51. The molecule has 0 aliphatic heterocycles. The number of benzene rings is 1. The zero-order valence-electron chi connectivity index (χ0n) is 11.3. The molecule has 0 bridgehead atoms. The van der Waals surface area contributed by atoms with E-state index in [2.05, 4.69) is 5.32 Å². The van der Waals surface area contributed by atoms with Crippen LogP contribution in [0.25, 0.3) is 0 Å². The second-order valence-corrected chi connectivity index (χ2v) is 4.51. The largest absolute Gasteiger partial charge is 0.481 e. The molecule has 0 aliphatic carbocycles. The topological polar surface area (TPSA) is 116 Å². The van der Waals surface area contributed by atoms with Crippen LogP contribution in [-0.4, -0.2) is 35.7 Å². The van der Waals surface area contributed by atoms with Crippen LogP contribution in [0.1, 0.15) is 12.0 Å². The Kier molecular flexibility index (Phi) is 5.86. The van der Waals surface area contributed by atoms with E-state index in [1.54, 1.807) is 0 Å². The van der Waals surface area contributed by atoms with Crippen LogP contribution in [0.5, 0.6) is 0 Å². The first-order valence-corrected chi connectivity index (χ1v) is 6.30. The molecule has 108 valence electrons. The number of rotatable bonds is 8. The molecule has 5 N–H and O–H groups in total. The molecule has 0 spiro atoms. The average molecular weight is 277 g/mol. The van der Waals surface area contributed by atoms with Gasteiger partial charge in [-0.25, -0.2) is 0 Å². The van der Waals surface area contributed by atoms with Crippen LogP contribution in [0.3, 0.4) is 0 Å². The van der Waals surface area contributed by atoms with Gasteiger partial charge >= 0.3 is 5.97 Å². The molecule has 0 saturated heterocycles. The molecule has 1 rings (SSSR count). The van der Waals surface area contributed by atoms with Crippen molar-refractivity contribution in [2.24, 2.45) is 11.7 Å². The van der Waals surface area contributed by atoms with Crippen LogP contribution in [0, 0.1) is 18.3 Å². The zero-order chi connectivity index (χ0) is 15.1. The van der Waals surface area contributed by atoms with Crippen LogP contribution < -0.4 is 11.1 Å². The number of Topliss-reactive ketones (excluding diaryl/α,β-unsaturated/α-hetero) is 1. The quantitative estimate of drug-likeness (QED) is 0.530. The van der Waals surface area contributed by atoms with E-state index in [1.807, 2.05) is 31.2 Å². The number of ketones is 1. The van der Waals surface area contributed by atoms with Crippen molar-refractivity contribution in [1.29, 1.82) is 5.41 Å². The molecule has 1 unspecified atom stereocenters. The summed E-state index contributed by atoms with van der Waals surface area (Å²) >= 11 is 0. The summed E-state index contributed by atoms with van der Waals surface area (Å²) in [6, 6.07) is 7.66. The highest BCUT2D eigenvalue weighted by Crippen LogP contribution is 2.11. The van der Waals surface area contributed by atoms with E-state index in [9.17, 15) is 9.59 Å². The van der Waals surface area contributed by atoms with Crippen molar-refractivity contribution in [3.05, 3.63) is 29.8 Å². The number of carbonyl (C=O) groups is 2. The summed E-state index contributed by atoms with van der Waals surface area (Å²) in [5.41, 5.74) is 6.71. The van der Waals surface area contributed by atoms with Crippen LogP contribution >= 0.6 is 0 Å². The molecule has 0 radical (unpaired) electrons. The number of aryl methyl sites for hydroxylation is 1. The van der Waals surface area contributed by atoms with Crippen molar-refractivity contribution in [1.82, 2.24) is 0 Å². The summed E-state index contributed by atoms with van der Waals surface area (Å²) in [5, 5.41) is 19.7. The number of nitrogens with one attached hydrogen (secondary N) is 2. The highest BCUT2D eigenvalue weighted by Gasteiger charge is 2.26. The van der Waals surface area contributed by atoms with Crippen molar-refractivity contribution >= 4 is 23.2 Å². The van der Waals surface area contributed by atoms with Crippen LogP contribution in [0.2, 0.25) is 0 Å². The smallest absolute Gasteiger partial charge is 0.312 e. The van der Waals surface area contributed by atoms with Crippen LogP contribution in [-0.2, 0) is 9.59 Å². The van der Waals surface area contributed by atoms with Gasteiger partial charge in [-0.05, 0) is 25.5 Å². The third kappa shape index (κ3) is 4.47. The maximum absolute atomic E-state index is 11.3. The van der Waals surface area contributed by atoms with Gasteiger partial charge in [-0.1, -0.05) is 17.7 Å². The maximum atomic E-state index is 11.3. The molecule has 6 heteroatoms. The van der Waals surface area contributed by atoms with Crippen molar-refractivity contribution in [2.75, 3.05) is 18.4 Å². The number of hydrogen-bond acceptors (Lipinski definition) is 5. The molecular formula is C14H19N3O3. The fourth-order valence-corrected chi connectivity index (χ4v) is 1.73. The van der Waals surface area contributed by atoms with Gasteiger partial charge in [0, 0.05) is 12.2 Å². The fourth-order valence-electron chi connectivity index (χ4n) is 1.73. The summed E-state index contributed by atoms with van der Waals surface area (Å²) < 4.78 is 0. The van der Waals surface area contributed by atoms with Gasteiger partial charge in [0.2, 0.25) is 0 Å². The number of anilines is 1. The average Bonchev–Trinajstić information content (AvgIpc) is 2.43. The number of hydrogen-bond donors (Lipinski definition) is 4. The van der Waals surface area contributed by atoms with Crippen molar-refractivity contribution in [3.63, 3.8) is 0 Å². The lowest BCUT2D eigenvalue weighted by atomic mass is 9.96.